The lowest BCUT2D eigenvalue weighted by Gasteiger charge is -2.35. The second kappa shape index (κ2) is 10.9. The summed E-state index contributed by atoms with van der Waals surface area (Å²) in [7, 11) is 4.09. The second-order valence-corrected chi connectivity index (χ2v) is 8.25. The third kappa shape index (κ3) is 6.87. The Balaban J connectivity index is 1.65. The van der Waals surface area contributed by atoms with Gasteiger partial charge in [0, 0.05) is 45.8 Å². The van der Waals surface area contributed by atoms with Crippen LogP contribution in [0, 0.1) is 5.92 Å². The monoisotopic (exact) mass is 381 g/mol. The number of urea groups is 1. The van der Waals surface area contributed by atoms with Gasteiger partial charge in [0.1, 0.15) is 0 Å². The molecule has 0 radical (unpaired) electrons. The molecule has 2 amide bonds. The fourth-order valence-electron chi connectivity index (χ4n) is 3.38. The number of carbonyl (C=O) groups excluding carboxylic acids is 1. The number of likely N-dealkylation sites (N-methyl/N-ethyl adjacent to an activating group) is 2. The number of amides is 2. The Labute approximate surface area is 162 Å². The average Bonchev–Trinajstić information content (AvgIpc) is 3.15. The van der Waals surface area contributed by atoms with Crippen molar-refractivity contribution in [3.05, 3.63) is 22.4 Å². The predicted molar refractivity (Wildman–Crippen MR) is 110 cm³/mol. The number of nitrogens with zero attached hydrogens (tertiary/aromatic N) is 3. The molecule has 1 aromatic heterocycles. The Morgan fingerprint density at radius 2 is 1.85 bits per heavy atom. The van der Waals surface area contributed by atoms with Crippen LogP contribution in [0.3, 0.4) is 0 Å². The van der Waals surface area contributed by atoms with Crippen molar-refractivity contribution in [3.63, 3.8) is 0 Å². The first-order valence-electron chi connectivity index (χ1n) is 9.64. The van der Waals surface area contributed by atoms with Gasteiger partial charge in [0.05, 0.1) is 6.04 Å². The predicted octanol–water partition coefficient (Wildman–Crippen LogP) is 1.92. The molecule has 0 aromatic carbocycles. The summed E-state index contributed by atoms with van der Waals surface area (Å²) in [6.07, 6.45) is 0. The summed E-state index contributed by atoms with van der Waals surface area (Å²) in [6.45, 7) is 12.5. The normalized spacial score (nSPS) is 18.7. The minimum absolute atomic E-state index is 0.0743. The third-order valence-electron chi connectivity index (χ3n) is 5.10. The van der Waals surface area contributed by atoms with E-state index in [0.717, 1.165) is 39.3 Å². The van der Waals surface area contributed by atoms with Gasteiger partial charge >= 0.3 is 6.03 Å². The summed E-state index contributed by atoms with van der Waals surface area (Å²) in [4.78, 5) is 19.3. The zero-order valence-corrected chi connectivity index (χ0v) is 17.5. The van der Waals surface area contributed by atoms with Crippen molar-refractivity contribution in [1.29, 1.82) is 0 Å². The molecule has 0 spiro atoms. The zero-order valence-electron chi connectivity index (χ0n) is 16.7. The smallest absolute Gasteiger partial charge is 0.314 e. The lowest BCUT2D eigenvalue weighted by atomic mass is 10.1. The summed E-state index contributed by atoms with van der Waals surface area (Å²) >= 11 is 1.69. The standard InChI is InChI=1S/C19H35N5OS/c1-5-23-7-9-24(10-8-23)14-16(2)12-20-19(25)21-13-18(22(3)4)17-6-11-26-15-17/h6,11,15-16,18H,5,7-10,12-14H2,1-4H3,(H2,20,21,25). The van der Waals surface area contributed by atoms with E-state index in [4.69, 9.17) is 0 Å². The molecule has 148 valence electrons. The van der Waals surface area contributed by atoms with E-state index in [2.05, 4.69) is 56.0 Å². The summed E-state index contributed by atoms with van der Waals surface area (Å²) in [5.74, 6) is 0.454. The SMILES string of the molecule is CCN1CCN(CC(C)CNC(=O)NCC(c2ccsc2)N(C)C)CC1. The first-order valence-corrected chi connectivity index (χ1v) is 10.6. The maximum atomic E-state index is 12.2. The lowest BCUT2D eigenvalue weighted by Crippen LogP contribution is -2.48. The third-order valence-corrected chi connectivity index (χ3v) is 5.80. The van der Waals surface area contributed by atoms with Crippen molar-refractivity contribution in [2.45, 2.75) is 19.9 Å². The van der Waals surface area contributed by atoms with Crippen LogP contribution in [0.1, 0.15) is 25.5 Å². The van der Waals surface area contributed by atoms with Gasteiger partial charge < -0.3 is 25.3 Å². The molecule has 1 aliphatic rings. The van der Waals surface area contributed by atoms with Gasteiger partial charge in [0.25, 0.3) is 0 Å². The molecule has 2 rings (SSSR count). The number of carbonyl (C=O) groups is 1. The van der Waals surface area contributed by atoms with Crippen LogP contribution in [-0.4, -0.2) is 87.2 Å². The molecule has 1 aliphatic heterocycles. The summed E-state index contributed by atoms with van der Waals surface area (Å²) in [5, 5.41) is 10.3. The molecule has 1 aromatic rings. The quantitative estimate of drug-likeness (QED) is 0.686. The Morgan fingerprint density at radius 3 is 2.42 bits per heavy atom. The largest absolute Gasteiger partial charge is 0.338 e. The van der Waals surface area contributed by atoms with E-state index in [1.165, 1.54) is 5.56 Å². The molecular weight excluding hydrogens is 346 g/mol. The van der Waals surface area contributed by atoms with Gasteiger partial charge in [-0.25, -0.2) is 4.79 Å². The molecule has 0 aliphatic carbocycles. The minimum Gasteiger partial charge on any atom is -0.338 e. The molecule has 2 N–H and O–H groups in total. The van der Waals surface area contributed by atoms with Crippen molar-refractivity contribution in [2.75, 3.05) is 66.5 Å². The van der Waals surface area contributed by atoms with Crippen molar-refractivity contribution in [3.8, 4) is 0 Å². The second-order valence-electron chi connectivity index (χ2n) is 7.47. The number of nitrogens with one attached hydrogen (secondary N) is 2. The van der Waals surface area contributed by atoms with Crippen LogP contribution in [0.2, 0.25) is 0 Å². The molecule has 7 heteroatoms. The Kier molecular flexibility index (Phi) is 8.84. The number of hydrogen-bond acceptors (Lipinski definition) is 5. The summed E-state index contributed by atoms with van der Waals surface area (Å²) in [6, 6.07) is 2.25. The van der Waals surface area contributed by atoms with Crippen LogP contribution >= 0.6 is 11.3 Å². The van der Waals surface area contributed by atoms with E-state index in [1.807, 2.05) is 14.1 Å². The van der Waals surface area contributed by atoms with Crippen LogP contribution in [0.4, 0.5) is 4.79 Å². The highest BCUT2D eigenvalue weighted by molar-refractivity contribution is 7.07. The van der Waals surface area contributed by atoms with E-state index in [9.17, 15) is 4.79 Å². The van der Waals surface area contributed by atoms with E-state index in [1.54, 1.807) is 11.3 Å². The first kappa shape index (κ1) is 21.2. The number of piperazine rings is 1. The minimum atomic E-state index is -0.0743. The van der Waals surface area contributed by atoms with Crippen molar-refractivity contribution < 1.29 is 4.79 Å². The molecular formula is C19H35N5OS. The van der Waals surface area contributed by atoms with Crippen molar-refractivity contribution in [1.82, 2.24) is 25.3 Å². The van der Waals surface area contributed by atoms with Crippen LogP contribution < -0.4 is 10.6 Å². The zero-order chi connectivity index (χ0) is 18.9. The first-order chi connectivity index (χ1) is 12.5. The van der Waals surface area contributed by atoms with Crippen LogP contribution in [0.15, 0.2) is 16.8 Å². The molecule has 1 saturated heterocycles. The Bertz CT molecular complexity index is 514. The van der Waals surface area contributed by atoms with Crippen molar-refractivity contribution in [2.24, 2.45) is 5.92 Å². The van der Waals surface area contributed by atoms with E-state index >= 15 is 0 Å². The van der Waals surface area contributed by atoms with Crippen LogP contribution in [0.5, 0.6) is 0 Å². The molecule has 0 saturated carbocycles. The van der Waals surface area contributed by atoms with Gasteiger partial charge in [-0.2, -0.15) is 11.3 Å². The Morgan fingerprint density at radius 1 is 1.19 bits per heavy atom. The molecule has 1 fully saturated rings. The van der Waals surface area contributed by atoms with Crippen molar-refractivity contribution >= 4 is 17.4 Å². The summed E-state index contributed by atoms with van der Waals surface area (Å²) < 4.78 is 0. The number of hydrogen-bond donors (Lipinski definition) is 2. The van der Waals surface area contributed by atoms with Gasteiger partial charge in [-0.05, 0) is 48.9 Å². The topological polar surface area (TPSA) is 50.9 Å². The fourth-order valence-corrected chi connectivity index (χ4v) is 4.08. The molecule has 2 atom stereocenters. The fraction of sp³-hybridized carbons (Fsp3) is 0.737. The maximum absolute atomic E-state index is 12.2. The Hall–Kier alpha value is -1.15. The van der Waals surface area contributed by atoms with Crippen LogP contribution in [-0.2, 0) is 0 Å². The summed E-state index contributed by atoms with van der Waals surface area (Å²) in [5.41, 5.74) is 1.25. The van der Waals surface area contributed by atoms with Crippen LogP contribution in [0.25, 0.3) is 0 Å². The van der Waals surface area contributed by atoms with E-state index in [-0.39, 0.29) is 12.1 Å². The van der Waals surface area contributed by atoms with E-state index in [0.29, 0.717) is 19.0 Å². The van der Waals surface area contributed by atoms with Gasteiger partial charge in [-0.15, -0.1) is 0 Å². The number of thiophene rings is 1. The highest BCUT2D eigenvalue weighted by atomic mass is 32.1. The molecule has 0 bridgehead atoms. The highest BCUT2D eigenvalue weighted by Crippen LogP contribution is 2.19. The molecule has 2 unspecified atom stereocenters. The highest BCUT2D eigenvalue weighted by Gasteiger charge is 2.18. The lowest BCUT2D eigenvalue weighted by molar-refractivity contribution is 0.124. The maximum Gasteiger partial charge on any atom is 0.314 e. The van der Waals surface area contributed by atoms with Gasteiger partial charge in [0.2, 0.25) is 0 Å². The van der Waals surface area contributed by atoms with Gasteiger partial charge in [-0.1, -0.05) is 13.8 Å². The molecule has 6 nitrogen and oxygen atoms in total. The van der Waals surface area contributed by atoms with Gasteiger partial charge in [-0.3, -0.25) is 0 Å². The number of rotatable bonds is 9. The average molecular weight is 382 g/mol. The van der Waals surface area contributed by atoms with Gasteiger partial charge in [0.15, 0.2) is 0 Å². The van der Waals surface area contributed by atoms with E-state index < -0.39 is 0 Å². The molecule has 2 heterocycles. The molecule has 26 heavy (non-hydrogen) atoms.